The Morgan fingerprint density at radius 2 is 0.678 bits per heavy atom. The van der Waals surface area contributed by atoms with Gasteiger partial charge >= 0.3 is 0 Å². The van der Waals surface area contributed by atoms with E-state index in [4.69, 9.17) is 72.0 Å². The van der Waals surface area contributed by atoms with Crippen LogP contribution in [0.3, 0.4) is 0 Å². The maximum atomic E-state index is 6.06. The van der Waals surface area contributed by atoms with Crippen molar-refractivity contribution < 1.29 is 52.1 Å². The van der Waals surface area contributed by atoms with Crippen LogP contribution in [0.5, 0.6) is 46.5 Å². The van der Waals surface area contributed by atoms with Gasteiger partial charge in [0.05, 0.1) is 139 Å². The highest BCUT2D eigenvalue weighted by Crippen LogP contribution is 2.44. The first-order chi connectivity index (χ1) is 73.1. The number of anilines is 11. The Hall–Kier alpha value is -15.3. The number of ether oxygens (including phenoxy) is 11. The van der Waals surface area contributed by atoms with Crippen molar-refractivity contribution >= 4 is 85.7 Å². The van der Waals surface area contributed by atoms with Crippen LogP contribution in [0.1, 0.15) is 88.0 Å². The first kappa shape index (κ1) is 95.9. The minimum Gasteiger partial charge on any atom is -0.495 e. The molecule has 7 fully saturated rings. The van der Waals surface area contributed by atoms with Crippen LogP contribution in [0.15, 0.2) is 202 Å². The second-order valence-electron chi connectivity index (χ2n) is 40.9. The standard InChI is InChI=1S/C30H35N7O3.C29H33N7O3.C28H31N7O2.C25H25N5O3/c1-30(19-39-20-30)18-35-9-11-36(12-10-35)25-6-5-23(15-26(25)38-2)33-27-28-31-7-8-37(28)17-24(34-27)22-14-21-4-3-13-40-29(21)32-16-22;1-29(18-38-19-29)36-11-9-34(10-12-36)24-6-5-22(15-25(24)37-2)32-26-27-30-7-8-35(27)17-23(33-26)21-14-20-4-3-13-39-28(20)31-16-21;1-28(18-36-19-28)35-12-10-33(11-13-35)23-6-4-22(5-7-23)31-25-26-29-8-9-34(26)17-24(32-25)21-15-20-3-2-14-37-27(20)30-16-21;1-31-22-13-18(7-8-21(22)33-19-5-2-6-19)28-23-24-26-9-10-30(24)15-20(29-23)17-12-16-4-3-11-32-25(16)27-14-17/h5-8,14-17H,3-4,9-13,18-20H2,1-2H3,(H,33,34);5-8,14-17H,3-4,9-13,18-19H2,1-2H3,(H,32,33);4-9,15-17H,2-3,10-14,18-19H2,1H3,(H,31,32);7-10,12-15,19H,2-6,11H2,1H3,(H,28,29). The topological polar surface area (TPSA) is 341 Å². The minimum atomic E-state index is 0.187. The van der Waals surface area contributed by atoms with E-state index in [1.807, 2.05) is 122 Å². The smallest absolute Gasteiger partial charge is 0.216 e. The number of nitrogens with zero attached hydrogens (tertiary/aromatic N) is 22. The van der Waals surface area contributed by atoms with Crippen molar-refractivity contribution in [2.24, 2.45) is 5.41 Å². The molecule has 4 N–H and O–H groups in total. The largest absolute Gasteiger partial charge is 0.495 e. The second kappa shape index (κ2) is 41.8. The number of imidazole rings is 4. The average molecular weight is 2010 g/mol. The Balaban J connectivity index is 0.000000106. The molecule has 37 nitrogen and oxygen atoms in total. The van der Waals surface area contributed by atoms with E-state index >= 15 is 0 Å². The van der Waals surface area contributed by atoms with E-state index in [0.717, 1.165) is 380 Å². The van der Waals surface area contributed by atoms with Crippen molar-refractivity contribution in [3.8, 4) is 91.5 Å². The molecule has 4 aromatic carbocycles. The third-order valence-corrected chi connectivity index (χ3v) is 30.1. The zero-order chi connectivity index (χ0) is 101. The molecule has 10 aliphatic heterocycles. The molecule has 149 heavy (non-hydrogen) atoms. The fraction of sp³-hybridized carbons (Fsp3) is 0.393. The molecule has 768 valence electrons. The zero-order valence-corrected chi connectivity index (χ0v) is 85.0. The van der Waals surface area contributed by atoms with Crippen molar-refractivity contribution in [3.05, 3.63) is 225 Å². The molecule has 0 spiro atoms. The predicted octanol–water partition coefficient (Wildman–Crippen LogP) is 16.4. The number of nitrogens with one attached hydrogen (secondary N) is 4. The molecule has 0 unspecified atom stereocenters. The summed E-state index contributed by atoms with van der Waals surface area (Å²) >= 11 is 0. The number of piperazine rings is 3. The normalized spacial score (nSPS) is 18.1. The number of aryl methyl sites for hydroxylation is 4. The molecule has 0 amide bonds. The number of rotatable bonds is 24. The summed E-state index contributed by atoms with van der Waals surface area (Å²) in [4.78, 5) is 70.9. The van der Waals surface area contributed by atoms with Crippen LogP contribution in [-0.2, 0) is 39.9 Å². The van der Waals surface area contributed by atoms with Crippen LogP contribution in [-0.4, -0.2) is 282 Å². The van der Waals surface area contributed by atoms with Crippen LogP contribution in [0.25, 0.3) is 67.6 Å². The highest BCUT2D eigenvalue weighted by molar-refractivity contribution is 5.81. The lowest BCUT2D eigenvalue weighted by atomic mass is 9.88. The van der Waals surface area contributed by atoms with Gasteiger partial charge in [-0.1, -0.05) is 6.92 Å². The fourth-order valence-corrected chi connectivity index (χ4v) is 21.4. The van der Waals surface area contributed by atoms with Crippen LogP contribution in [0, 0.1) is 5.41 Å². The third kappa shape index (κ3) is 20.5. The van der Waals surface area contributed by atoms with Gasteiger partial charge in [-0.05, 0) is 169 Å². The van der Waals surface area contributed by atoms with E-state index in [1.165, 1.54) is 12.1 Å². The number of benzene rings is 4. The first-order valence-electron chi connectivity index (χ1n) is 52.0. The van der Waals surface area contributed by atoms with E-state index in [2.05, 4.69) is 184 Å². The average Bonchev–Trinajstić information content (AvgIpc) is 1.74. The molecule has 0 atom stereocenters. The maximum Gasteiger partial charge on any atom is 0.216 e. The Labute approximate surface area is 863 Å². The predicted molar refractivity (Wildman–Crippen MR) is 571 cm³/mol. The Bertz CT molecular complexity index is 7530. The van der Waals surface area contributed by atoms with Gasteiger partial charge < -0.3 is 106 Å². The highest BCUT2D eigenvalue weighted by atomic mass is 16.5. The summed E-state index contributed by atoms with van der Waals surface area (Å²) < 4.78 is 70.4. The first-order valence-corrected chi connectivity index (χ1v) is 52.0. The molecule has 16 aromatic rings. The number of hydrogen-bond acceptors (Lipinski definition) is 33. The molecular formula is C112H124N26O11. The van der Waals surface area contributed by atoms with Gasteiger partial charge in [0, 0.05) is 281 Å². The third-order valence-electron chi connectivity index (χ3n) is 30.1. The highest BCUT2D eigenvalue weighted by Gasteiger charge is 2.43. The lowest BCUT2D eigenvalue weighted by Gasteiger charge is -2.50. The minimum absolute atomic E-state index is 0.187. The Morgan fingerprint density at radius 1 is 0.342 bits per heavy atom. The zero-order valence-electron chi connectivity index (χ0n) is 85.0. The molecule has 1 aliphatic carbocycles. The van der Waals surface area contributed by atoms with Gasteiger partial charge in [-0.15, -0.1) is 0 Å². The number of methoxy groups -OCH3 is 3. The Kier molecular flexibility index (Phi) is 26.9. The van der Waals surface area contributed by atoms with Gasteiger partial charge in [-0.25, -0.2) is 59.8 Å². The van der Waals surface area contributed by atoms with Gasteiger partial charge in [0.25, 0.3) is 0 Å². The van der Waals surface area contributed by atoms with Gasteiger partial charge in [-0.2, -0.15) is 0 Å². The number of fused-ring (bicyclic) bond motifs is 8. The lowest BCUT2D eigenvalue weighted by molar-refractivity contribution is -0.131. The maximum absolute atomic E-state index is 6.06. The van der Waals surface area contributed by atoms with Crippen LogP contribution >= 0.6 is 0 Å². The summed E-state index contributed by atoms with van der Waals surface area (Å²) in [5, 5.41) is 13.9. The van der Waals surface area contributed by atoms with E-state index in [-0.39, 0.29) is 17.2 Å². The van der Waals surface area contributed by atoms with E-state index < -0.39 is 0 Å². The van der Waals surface area contributed by atoms with Crippen molar-refractivity contribution in [3.63, 3.8) is 0 Å². The SMILES string of the molecule is CC1(N2CCN(c3ccc(Nc4nc(-c5cnc6c(c5)CCCO6)cn5ccnc45)cc3)CC2)COC1.COc1cc(Nc2nc(-c3cnc4c(c3)CCCO4)cn3ccnc23)ccc1N1CCN(C2(C)COC2)CC1.COc1cc(Nc2nc(-c3cnc4c(c3)CCCO4)cn3ccnc23)ccc1N1CCN(CC2(C)COC2)CC1.COc1cc(Nc2nc(-c3cnc4c(c3)CCCO4)cn3ccnc23)ccc1OC1CCC1. The molecule has 27 rings (SSSR count). The van der Waals surface area contributed by atoms with Crippen molar-refractivity contribution in [1.82, 2.24) is 92.1 Å². The van der Waals surface area contributed by atoms with Crippen molar-refractivity contribution in [2.75, 3.05) is 208 Å². The van der Waals surface area contributed by atoms with Gasteiger partial charge in [0.15, 0.2) is 57.4 Å². The molecule has 11 aliphatic rings. The number of aromatic nitrogens is 16. The molecule has 12 aromatic heterocycles. The summed E-state index contributed by atoms with van der Waals surface area (Å²) in [6, 6.07) is 35.5. The summed E-state index contributed by atoms with van der Waals surface area (Å²) in [5.41, 5.74) is 22.4. The Morgan fingerprint density at radius 3 is 1.01 bits per heavy atom. The van der Waals surface area contributed by atoms with E-state index in [1.54, 1.807) is 46.1 Å². The van der Waals surface area contributed by atoms with E-state index in [0.29, 0.717) is 34.4 Å². The van der Waals surface area contributed by atoms with E-state index in [9.17, 15) is 0 Å². The van der Waals surface area contributed by atoms with Gasteiger partial charge in [0.1, 0.15) is 11.5 Å². The van der Waals surface area contributed by atoms with Crippen LogP contribution in [0.2, 0.25) is 0 Å². The molecular weight excluding hydrogens is 1890 g/mol. The molecule has 0 bridgehead atoms. The summed E-state index contributed by atoms with van der Waals surface area (Å²) in [6.07, 6.45) is 41.7. The summed E-state index contributed by atoms with van der Waals surface area (Å²) in [5.74, 6) is 8.78. The molecule has 0 radical (unpaired) electrons. The molecule has 6 saturated heterocycles. The number of hydrogen-bond donors (Lipinski definition) is 4. The van der Waals surface area contributed by atoms with Crippen molar-refractivity contribution in [2.45, 2.75) is 109 Å². The second-order valence-corrected chi connectivity index (χ2v) is 40.9. The van der Waals surface area contributed by atoms with Gasteiger partial charge in [-0.3, -0.25) is 14.7 Å². The summed E-state index contributed by atoms with van der Waals surface area (Å²) in [7, 11) is 5.12. The fourth-order valence-electron chi connectivity index (χ4n) is 21.4. The molecule has 22 heterocycles. The van der Waals surface area contributed by atoms with Crippen molar-refractivity contribution in [1.29, 1.82) is 0 Å². The molecule has 1 saturated carbocycles. The van der Waals surface area contributed by atoms with Crippen LogP contribution in [0.4, 0.5) is 63.1 Å². The number of pyridine rings is 4. The monoisotopic (exact) mass is 2010 g/mol. The quantitative estimate of drug-likeness (QED) is 0.0436. The molecule has 37 heteroatoms. The lowest BCUT2D eigenvalue weighted by Crippen LogP contribution is -2.64. The summed E-state index contributed by atoms with van der Waals surface area (Å²) in [6.45, 7) is 28.2. The van der Waals surface area contributed by atoms with Gasteiger partial charge in [0.2, 0.25) is 23.5 Å². The van der Waals surface area contributed by atoms with Crippen LogP contribution < -0.4 is 73.9 Å².